The molecule has 26 heavy (non-hydrogen) atoms. The number of aromatic amines is 1. The lowest BCUT2D eigenvalue weighted by Crippen LogP contribution is -2.40. The van der Waals surface area contributed by atoms with Crippen molar-refractivity contribution in [2.75, 3.05) is 6.54 Å². The Morgan fingerprint density at radius 2 is 2.12 bits per heavy atom. The zero-order valence-electron chi connectivity index (χ0n) is 14.8. The lowest BCUT2D eigenvalue weighted by atomic mass is 10.0. The monoisotopic (exact) mass is 350 g/mol. The van der Waals surface area contributed by atoms with Gasteiger partial charge in [0, 0.05) is 12.2 Å². The van der Waals surface area contributed by atoms with Crippen molar-refractivity contribution in [1.29, 1.82) is 0 Å². The highest BCUT2D eigenvalue weighted by molar-refractivity contribution is 5.92. The Balaban J connectivity index is 1.61. The summed E-state index contributed by atoms with van der Waals surface area (Å²) in [5.41, 5.74) is 2.53. The van der Waals surface area contributed by atoms with E-state index in [4.69, 9.17) is 0 Å². The Kier molecular flexibility index (Phi) is 4.51. The van der Waals surface area contributed by atoms with Crippen LogP contribution in [0.4, 0.5) is 0 Å². The summed E-state index contributed by atoms with van der Waals surface area (Å²) < 4.78 is 2.04. The molecule has 1 fully saturated rings. The molecule has 0 spiro atoms. The van der Waals surface area contributed by atoms with E-state index in [-0.39, 0.29) is 11.9 Å². The molecule has 7 nitrogen and oxygen atoms in total. The average Bonchev–Trinajstić information content (AvgIpc) is 3.31. The molecular formula is C19H22N6O. The SMILES string of the molecule is Cc1cc(C(=O)N2CCCCC2c2nncn2Cc2ccccc2)n[nH]1. The van der Waals surface area contributed by atoms with Gasteiger partial charge >= 0.3 is 0 Å². The molecule has 1 amide bonds. The van der Waals surface area contributed by atoms with Gasteiger partial charge in [0.2, 0.25) is 0 Å². The number of piperidine rings is 1. The molecule has 2 aromatic heterocycles. The minimum atomic E-state index is -0.0699. The molecule has 1 saturated heterocycles. The van der Waals surface area contributed by atoms with Crippen LogP contribution in [0.15, 0.2) is 42.7 Å². The van der Waals surface area contributed by atoms with Gasteiger partial charge < -0.3 is 9.47 Å². The van der Waals surface area contributed by atoms with E-state index in [1.54, 1.807) is 12.4 Å². The normalized spacial score (nSPS) is 17.4. The molecule has 0 aliphatic carbocycles. The van der Waals surface area contributed by atoms with Crippen molar-refractivity contribution in [2.24, 2.45) is 0 Å². The quantitative estimate of drug-likeness (QED) is 0.784. The first-order valence-corrected chi connectivity index (χ1v) is 8.97. The fourth-order valence-corrected chi connectivity index (χ4v) is 3.54. The van der Waals surface area contributed by atoms with Gasteiger partial charge in [-0.25, -0.2) is 0 Å². The summed E-state index contributed by atoms with van der Waals surface area (Å²) in [6.07, 6.45) is 4.71. The topological polar surface area (TPSA) is 79.7 Å². The van der Waals surface area contributed by atoms with Crippen LogP contribution in [-0.4, -0.2) is 42.3 Å². The number of amides is 1. The number of H-pyrrole nitrogens is 1. The molecule has 1 N–H and O–H groups in total. The van der Waals surface area contributed by atoms with E-state index < -0.39 is 0 Å². The first-order valence-electron chi connectivity index (χ1n) is 8.97. The van der Waals surface area contributed by atoms with Crippen LogP contribution in [0.1, 0.15) is 52.9 Å². The molecule has 1 atom stereocenters. The third-order valence-corrected chi connectivity index (χ3v) is 4.83. The fraction of sp³-hybridized carbons (Fsp3) is 0.368. The maximum Gasteiger partial charge on any atom is 0.274 e. The summed E-state index contributed by atoms with van der Waals surface area (Å²) in [5, 5.41) is 15.5. The van der Waals surface area contributed by atoms with Gasteiger partial charge in [0.1, 0.15) is 12.0 Å². The molecule has 0 radical (unpaired) electrons. The molecule has 1 aliphatic heterocycles. The van der Waals surface area contributed by atoms with Crippen LogP contribution in [0.5, 0.6) is 0 Å². The number of nitrogens with one attached hydrogen (secondary N) is 1. The zero-order valence-corrected chi connectivity index (χ0v) is 14.8. The molecule has 0 saturated carbocycles. The second-order valence-electron chi connectivity index (χ2n) is 6.75. The second kappa shape index (κ2) is 7.11. The molecule has 1 aromatic carbocycles. The number of carbonyl (C=O) groups excluding carboxylic acids is 1. The molecule has 134 valence electrons. The Hall–Kier alpha value is -2.96. The van der Waals surface area contributed by atoms with Gasteiger partial charge in [0.05, 0.1) is 12.6 Å². The van der Waals surface area contributed by atoms with Gasteiger partial charge in [-0.2, -0.15) is 5.10 Å². The predicted octanol–water partition coefficient (Wildman–Crippen LogP) is 2.73. The first-order chi connectivity index (χ1) is 12.7. The summed E-state index contributed by atoms with van der Waals surface area (Å²) in [6, 6.07) is 11.9. The standard InChI is InChI=1S/C19H22N6O/c1-14-11-16(22-21-14)19(26)25-10-6-5-9-17(25)18-23-20-13-24(18)12-15-7-3-2-4-8-15/h2-4,7-8,11,13,17H,5-6,9-10,12H2,1H3,(H,21,22). The molecule has 1 unspecified atom stereocenters. The number of hydrogen-bond acceptors (Lipinski definition) is 4. The molecule has 3 heterocycles. The van der Waals surface area contributed by atoms with Gasteiger partial charge in [-0.05, 0) is 37.8 Å². The number of rotatable bonds is 4. The van der Waals surface area contributed by atoms with Crippen molar-refractivity contribution < 1.29 is 4.79 Å². The van der Waals surface area contributed by atoms with Crippen molar-refractivity contribution in [2.45, 2.75) is 38.8 Å². The molecule has 3 aromatic rings. The Labute approximate surface area is 152 Å². The highest BCUT2D eigenvalue weighted by Crippen LogP contribution is 2.31. The molecule has 4 rings (SSSR count). The van der Waals surface area contributed by atoms with Crippen molar-refractivity contribution >= 4 is 5.91 Å². The van der Waals surface area contributed by atoms with Crippen molar-refractivity contribution in [3.05, 3.63) is 65.5 Å². The maximum absolute atomic E-state index is 13.0. The molecule has 0 bridgehead atoms. The second-order valence-corrected chi connectivity index (χ2v) is 6.75. The van der Waals surface area contributed by atoms with Crippen LogP contribution < -0.4 is 0 Å². The van der Waals surface area contributed by atoms with Gasteiger partial charge in [-0.15, -0.1) is 10.2 Å². The van der Waals surface area contributed by atoms with E-state index >= 15 is 0 Å². The van der Waals surface area contributed by atoms with E-state index in [1.807, 2.05) is 34.6 Å². The fourth-order valence-electron chi connectivity index (χ4n) is 3.54. The van der Waals surface area contributed by atoms with Gasteiger partial charge in [0.15, 0.2) is 5.82 Å². The first kappa shape index (κ1) is 16.5. The number of benzene rings is 1. The number of hydrogen-bond donors (Lipinski definition) is 1. The average molecular weight is 350 g/mol. The highest BCUT2D eigenvalue weighted by atomic mass is 16.2. The minimum Gasteiger partial charge on any atom is -0.327 e. The smallest absolute Gasteiger partial charge is 0.274 e. The maximum atomic E-state index is 13.0. The van der Waals surface area contributed by atoms with Crippen molar-refractivity contribution in [3.8, 4) is 0 Å². The van der Waals surface area contributed by atoms with Gasteiger partial charge in [0.25, 0.3) is 5.91 Å². The largest absolute Gasteiger partial charge is 0.327 e. The van der Waals surface area contributed by atoms with Gasteiger partial charge in [-0.3, -0.25) is 9.89 Å². The van der Waals surface area contributed by atoms with Crippen LogP contribution in [-0.2, 0) is 6.54 Å². The Bertz CT molecular complexity index is 884. The van der Waals surface area contributed by atoms with E-state index in [2.05, 4.69) is 32.5 Å². The van der Waals surface area contributed by atoms with Crippen molar-refractivity contribution in [3.63, 3.8) is 0 Å². The Morgan fingerprint density at radius 1 is 1.27 bits per heavy atom. The molecule has 7 heteroatoms. The van der Waals surface area contributed by atoms with Crippen LogP contribution in [0.2, 0.25) is 0 Å². The van der Waals surface area contributed by atoms with Crippen LogP contribution >= 0.6 is 0 Å². The number of aryl methyl sites for hydroxylation is 1. The van der Waals surface area contributed by atoms with E-state index in [9.17, 15) is 4.79 Å². The molecule has 1 aliphatic rings. The highest BCUT2D eigenvalue weighted by Gasteiger charge is 2.32. The van der Waals surface area contributed by atoms with E-state index in [0.29, 0.717) is 18.8 Å². The summed E-state index contributed by atoms with van der Waals surface area (Å²) in [5.74, 6) is 0.794. The third kappa shape index (κ3) is 3.24. The minimum absolute atomic E-state index is 0.0479. The number of likely N-dealkylation sites (tertiary alicyclic amines) is 1. The lowest BCUT2D eigenvalue weighted by molar-refractivity contribution is 0.0589. The number of aromatic nitrogens is 5. The molecular weight excluding hydrogens is 328 g/mol. The van der Waals surface area contributed by atoms with E-state index in [1.165, 1.54) is 5.56 Å². The summed E-state index contributed by atoms with van der Waals surface area (Å²) in [7, 11) is 0. The Morgan fingerprint density at radius 3 is 2.88 bits per heavy atom. The number of carbonyl (C=O) groups is 1. The predicted molar refractivity (Wildman–Crippen MR) is 96.5 cm³/mol. The summed E-state index contributed by atoms with van der Waals surface area (Å²) in [6.45, 7) is 3.31. The zero-order chi connectivity index (χ0) is 17.9. The lowest BCUT2D eigenvalue weighted by Gasteiger charge is -2.34. The van der Waals surface area contributed by atoms with Crippen LogP contribution in [0.25, 0.3) is 0 Å². The summed E-state index contributed by atoms with van der Waals surface area (Å²) >= 11 is 0. The summed E-state index contributed by atoms with van der Waals surface area (Å²) in [4.78, 5) is 14.9. The van der Waals surface area contributed by atoms with Gasteiger partial charge in [-0.1, -0.05) is 30.3 Å². The third-order valence-electron chi connectivity index (χ3n) is 4.83. The van der Waals surface area contributed by atoms with Crippen molar-refractivity contribution in [1.82, 2.24) is 29.9 Å². The van der Waals surface area contributed by atoms with Crippen LogP contribution in [0, 0.1) is 6.92 Å². The van der Waals surface area contributed by atoms with E-state index in [0.717, 1.165) is 30.8 Å². The van der Waals surface area contributed by atoms with Crippen LogP contribution in [0.3, 0.4) is 0 Å². The number of nitrogens with zero attached hydrogens (tertiary/aromatic N) is 5.